The summed E-state index contributed by atoms with van der Waals surface area (Å²) in [6.07, 6.45) is 5.06. The number of likely N-dealkylation sites (tertiary alicyclic amines) is 1. The van der Waals surface area contributed by atoms with Crippen molar-refractivity contribution in [3.63, 3.8) is 0 Å². The number of hydrogen-bond acceptors (Lipinski definition) is 4. The van der Waals surface area contributed by atoms with E-state index in [0.29, 0.717) is 17.3 Å². The average Bonchev–Trinajstić information content (AvgIpc) is 2.34. The number of nitrogens with zero attached hydrogens (tertiary/aromatic N) is 2. The molecule has 2 heterocycles. The Morgan fingerprint density at radius 1 is 1.61 bits per heavy atom. The highest BCUT2D eigenvalue weighted by atomic mass is 16.1. The lowest BCUT2D eigenvalue weighted by Crippen LogP contribution is -2.47. The molecule has 0 radical (unpaired) electrons. The van der Waals surface area contributed by atoms with Crippen LogP contribution in [0.1, 0.15) is 30.1 Å². The van der Waals surface area contributed by atoms with Crippen molar-refractivity contribution in [2.45, 2.75) is 31.8 Å². The van der Waals surface area contributed by atoms with Gasteiger partial charge in [0, 0.05) is 24.8 Å². The Balaban J connectivity index is 1.98. The molecule has 98 valence electrons. The van der Waals surface area contributed by atoms with Crippen molar-refractivity contribution < 1.29 is 4.79 Å². The predicted molar refractivity (Wildman–Crippen MR) is 71.2 cm³/mol. The zero-order chi connectivity index (χ0) is 13.1. The number of amides is 1. The van der Waals surface area contributed by atoms with E-state index in [-0.39, 0.29) is 11.9 Å². The maximum Gasteiger partial charge on any atom is 0.253 e. The van der Waals surface area contributed by atoms with Gasteiger partial charge in [-0.05, 0) is 32.9 Å². The Morgan fingerprint density at radius 3 is 3.06 bits per heavy atom. The second-order valence-electron chi connectivity index (χ2n) is 4.99. The molecule has 1 aliphatic rings. The third kappa shape index (κ3) is 2.79. The second-order valence-corrected chi connectivity index (χ2v) is 4.99. The van der Waals surface area contributed by atoms with Gasteiger partial charge in [0.2, 0.25) is 0 Å². The molecule has 0 aromatic carbocycles. The lowest BCUT2D eigenvalue weighted by molar-refractivity contribution is 0.0897. The van der Waals surface area contributed by atoms with Crippen LogP contribution in [0.25, 0.3) is 0 Å². The van der Waals surface area contributed by atoms with Gasteiger partial charge in [-0.1, -0.05) is 0 Å². The van der Waals surface area contributed by atoms with E-state index in [2.05, 4.69) is 29.2 Å². The molecule has 0 spiro atoms. The first-order valence-corrected chi connectivity index (χ1v) is 6.28. The standard InChI is InChI=1S/C13H20N4O/c1-9-7-10(4-6-17(9)2)16-13(18)11-3-5-15-8-12(11)14/h3,5,8-10H,4,6-7,14H2,1-2H3,(H,16,18). The van der Waals surface area contributed by atoms with Gasteiger partial charge in [0.25, 0.3) is 5.91 Å². The summed E-state index contributed by atoms with van der Waals surface area (Å²) in [5.74, 6) is -0.100. The molecule has 5 heteroatoms. The Hall–Kier alpha value is -1.62. The molecule has 5 nitrogen and oxygen atoms in total. The van der Waals surface area contributed by atoms with Gasteiger partial charge in [-0.15, -0.1) is 0 Å². The van der Waals surface area contributed by atoms with Gasteiger partial charge in [0.15, 0.2) is 0 Å². The van der Waals surface area contributed by atoms with E-state index < -0.39 is 0 Å². The number of nitrogen functional groups attached to an aromatic ring is 1. The maximum atomic E-state index is 12.1. The molecule has 1 aromatic heterocycles. The highest BCUT2D eigenvalue weighted by Crippen LogP contribution is 2.16. The molecule has 1 aliphatic heterocycles. The Labute approximate surface area is 107 Å². The number of anilines is 1. The summed E-state index contributed by atoms with van der Waals surface area (Å²) in [6, 6.07) is 2.39. The summed E-state index contributed by atoms with van der Waals surface area (Å²) < 4.78 is 0. The molecule has 2 rings (SSSR count). The van der Waals surface area contributed by atoms with Gasteiger partial charge in [-0.25, -0.2) is 0 Å². The fourth-order valence-corrected chi connectivity index (χ4v) is 2.30. The van der Waals surface area contributed by atoms with Crippen LogP contribution in [0.4, 0.5) is 5.69 Å². The van der Waals surface area contributed by atoms with Crippen LogP contribution < -0.4 is 11.1 Å². The van der Waals surface area contributed by atoms with Gasteiger partial charge < -0.3 is 16.0 Å². The van der Waals surface area contributed by atoms with Crippen LogP contribution in [0.3, 0.4) is 0 Å². The highest BCUT2D eigenvalue weighted by Gasteiger charge is 2.24. The number of aromatic nitrogens is 1. The predicted octanol–water partition coefficient (Wildman–Crippen LogP) is 0.876. The molecule has 0 saturated carbocycles. The number of carbonyl (C=O) groups is 1. The molecule has 1 fully saturated rings. The fourth-order valence-electron chi connectivity index (χ4n) is 2.30. The normalized spacial score (nSPS) is 24.8. The number of carbonyl (C=O) groups excluding carboxylic acids is 1. The topological polar surface area (TPSA) is 71.2 Å². The minimum Gasteiger partial charge on any atom is -0.397 e. The van der Waals surface area contributed by atoms with Crippen LogP contribution in [0.2, 0.25) is 0 Å². The van der Waals surface area contributed by atoms with E-state index >= 15 is 0 Å². The number of pyridine rings is 1. The van der Waals surface area contributed by atoms with Crippen LogP contribution in [0.5, 0.6) is 0 Å². The molecule has 1 saturated heterocycles. The first-order valence-electron chi connectivity index (χ1n) is 6.28. The van der Waals surface area contributed by atoms with Gasteiger partial charge in [-0.3, -0.25) is 9.78 Å². The van der Waals surface area contributed by atoms with Crippen molar-refractivity contribution in [2.24, 2.45) is 0 Å². The van der Waals surface area contributed by atoms with E-state index in [4.69, 9.17) is 5.73 Å². The van der Waals surface area contributed by atoms with Crippen molar-refractivity contribution >= 4 is 11.6 Å². The van der Waals surface area contributed by atoms with E-state index in [1.54, 1.807) is 12.3 Å². The molecular formula is C13H20N4O. The minimum atomic E-state index is -0.100. The number of piperidine rings is 1. The molecule has 0 aliphatic carbocycles. The van der Waals surface area contributed by atoms with Gasteiger partial charge in [0.1, 0.15) is 0 Å². The van der Waals surface area contributed by atoms with Gasteiger partial charge in [-0.2, -0.15) is 0 Å². The molecule has 3 N–H and O–H groups in total. The first-order chi connectivity index (χ1) is 8.58. The number of hydrogen-bond donors (Lipinski definition) is 2. The fraction of sp³-hybridized carbons (Fsp3) is 0.538. The molecule has 1 amide bonds. The zero-order valence-corrected chi connectivity index (χ0v) is 10.9. The van der Waals surface area contributed by atoms with E-state index in [1.165, 1.54) is 6.20 Å². The SMILES string of the molecule is CC1CC(NC(=O)c2ccncc2N)CCN1C. The van der Waals surface area contributed by atoms with E-state index in [0.717, 1.165) is 19.4 Å². The van der Waals surface area contributed by atoms with Crippen molar-refractivity contribution in [2.75, 3.05) is 19.3 Å². The van der Waals surface area contributed by atoms with Crippen LogP contribution in [-0.2, 0) is 0 Å². The molecule has 2 unspecified atom stereocenters. The third-order valence-corrected chi connectivity index (χ3v) is 3.64. The maximum absolute atomic E-state index is 12.1. The zero-order valence-electron chi connectivity index (χ0n) is 10.9. The first kappa shape index (κ1) is 12.8. The summed E-state index contributed by atoms with van der Waals surface area (Å²) in [5, 5.41) is 3.05. The van der Waals surface area contributed by atoms with Crippen LogP contribution >= 0.6 is 0 Å². The smallest absolute Gasteiger partial charge is 0.253 e. The summed E-state index contributed by atoms with van der Waals surface area (Å²) in [5.41, 5.74) is 6.68. The van der Waals surface area contributed by atoms with Crippen molar-refractivity contribution in [3.8, 4) is 0 Å². The summed E-state index contributed by atoms with van der Waals surface area (Å²) in [7, 11) is 2.11. The largest absolute Gasteiger partial charge is 0.397 e. The molecular weight excluding hydrogens is 228 g/mol. The van der Waals surface area contributed by atoms with Crippen LogP contribution in [0, 0.1) is 0 Å². The quantitative estimate of drug-likeness (QED) is 0.815. The van der Waals surface area contributed by atoms with Gasteiger partial charge in [0.05, 0.1) is 17.4 Å². The average molecular weight is 248 g/mol. The van der Waals surface area contributed by atoms with E-state index in [1.807, 2.05) is 0 Å². The monoisotopic (exact) mass is 248 g/mol. The molecule has 0 bridgehead atoms. The van der Waals surface area contributed by atoms with Gasteiger partial charge >= 0.3 is 0 Å². The van der Waals surface area contributed by atoms with E-state index in [9.17, 15) is 4.79 Å². The van der Waals surface area contributed by atoms with Crippen molar-refractivity contribution in [1.29, 1.82) is 0 Å². The lowest BCUT2D eigenvalue weighted by Gasteiger charge is -2.35. The summed E-state index contributed by atoms with van der Waals surface area (Å²) in [6.45, 7) is 3.19. The highest BCUT2D eigenvalue weighted by molar-refractivity contribution is 5.98. The lowest BCUT2D eigenvalue weighted by atomic mass is 9.98. The second kappa shape index (κ2) is 5.35. The molecule has 1 aromatic rings. The molecule has 18 heavy (non-hydrogen) atoms. The Kier molecular flexibility index (Phi) is 3.81. The van der Waals surface area contributed by atoms with Crippen molar-refractivity contribution in [1.82, 2.24) is 15.2 Å². The van der Waals surface area contributed by atoms with Crippen molar-refractivity contribution in [3.05, 3.63) is 24.0 Å². The summed E-state index contributed by atoms with van der Waals surface area (Å²) in [4.78, 5) is 18.3. The van der Waals surface area contributed by atoms with Crippen LogP contribution in [0.15, 0.2) is 18.5 Å². The summed E-state index contributed by atoms with van der Waals surface area (Å²) >= 11 is 0. The number of nitrogens with two attached hydrogens (primary N) is 1. The van der Waals surface area contributed by atoms with Crippen LogP contribution in [-0.4, -0.2) is 41.5 Å². The number of nitrogens with one attached hydrogen (secondary N) is 1. The minimum absolute atomic E-state index is 0.100. The number of rotatable bonds is 2. The third-order valence-electron chi connectivity index (χ3n) is 3.64. The molecule has 2 atom stereocenters. The Bertz CT molecular complexity index is 435. The Morgan fingerprint density at radius 2 is 2.39 bits per heavy atom.